The van der Waals surface area contributed by atoms with Crippen LogP contribution in [0.15, 0.2) is 23.3 Å². The molecular formula is C14H25ClO2Si3. The second kappa shape index (κ2) is 14.3. The zero-order valence-corrected chi connectivity index (χ0v) is 16.7. The minimum Gasteiger partial charge on any atom is -0.397 e. The van der Waals surface area contributed by atoms with E-state index in [1.807, 2.05) is 0 Å². The molecule has 6 heteroatoms. The number of allylic oxidation sites excluding steroid dienone is 4. The van der Waals surface area contributed by atoms with Crippen LogP contribution < -0.4 is 0 Å². The number of halogens is 1. The summed E-state index contributed by atoms with van der Waals surface area (Å²) >= 11 is 5.72. The van der Waals surface area contributed by atoms with E-state index in [9.17, 15) is 0 Å². The van der Waals surface area contributed by atoms with Gasteiger partial charge in [-0.1, -0.05) is 29.3 Å². The quantitative estimate of drug-likeness (QED) is 0.175. The highest BCUT2D eigenvalue weighted by molar-refractivity contribution is 6.40. The number of hydrogen-bond donors (Lipinski definition) is 0. The molecule has 0 aromatic heterocycles. The molecule has 112 valence electrons. The Balaban J connectivity index is 3.93. The Morgan fingerprint density at radius 2 is 1.50 bits per heavy atom. The lowest BCUT2D eigenvalue weighted by Crippen LogP contribution is -2.27. The number of hydrogen-bond acceptors (Lipinski definition) is 2. The van der Waals surface area contributed by atoms with E-state index < -0.39 is 0 Å². The van der Waals surface area contributed by atoms with Crippen LogP contribution in [0.2, 0.25) is 18.1 Å². The van der Waals surface area contributed by atoms with Gasteiger partial charge in [0.1, 0.15) is 15.4 Å². The smallest absolute Gasteiger partial charge is 0.236 e. The molecule has 0 aliphatic heterocycles. The molecule has 2 nitrogen and oxygen atoms in total. The second-order valence-electron chi connectivity index (χ2n) is 4.82. The summed E-state index contributed by atoms with van der Waals surface area (Å²) in [6.45, 7) is 8.45. The predicted molar refractivity (Wildman–Crippen MR) is 91.8 cm³/mol. The first-order valence-corrected chi connectivity index (χ1v) is 10.9. The van der Waals surface area contributed by atoms with Crippen molar-refractivity contribution in [1.82, 2.24) is 0 Å². The molecule has 0 saturated heterocycles. The van der Waals surface area contributed by atoms with Gasteiger partial charge < -0.3 is 8.85 Å². The molecule has 0 saturated carbocycles. The highest BCUT2D eigenvalue weighted by atomic mass is 35.5. The summed E-state index contributed by atoms with van der Waals surface area (Å²) in [5.74, 6) is 0.686. The molecule has 0 N–H and O–H groups in total. The Bertz CT molecular complexity index is 264. The van der Waals surface area contributed by atoms with Gasteiger partial charge >= 0.3 is 0 Å². The van der Waals surface area contributed by atoms with E-state index in [1.54, 1.807) is 0 Å². The van der Waals surface area contributed by atoms with Crippen LogP contribution in [0, 0.1) is 0 Å². The highest BCUT2D eigenvalue weighted by Crippen LogP contribution is 2.03. The van der Waals surface area contributed by atoms with Crippen molar-refractivity contribution in [2.45, 2.75) is 58.2 Å². The molecule has 0 unspecified atom stereocenters. The number of rotatable bonds is 12. The summed E-state index contributed by atoms with van der Waals surface area (Å²) in [7, 11) is 1.66. The Morgan fingerprint density at radius 3 is 1.90 bits per heavy atom. The number of alkyl halides is 1. The third-order valence-electron chi connectivity index (χ3n) is 2.19. The highest BCUT2D eigenvalue weighted by Gasteiger charge is 2.10. The topological polar surface area (TPSA) is 18.5 Å². The van der Waals surface area contributed by atoms with Gasteiger partial charge in [0.25, 0.3) is 0 Å². The Labute approximate surface area is 137 Å². The Kier molecular flexibility index (Phi) is 14.5. The molecule has 0 aromatic rings. The third-order valence-corrected chi connectivity index (χ3v) is 5.64. The van der Waals surface area contributed by atoms with Gasteiger partial charge in [-0.3, -0.25) is 0 Å². The molecule has 0 fully saturated rings. The largest absolute Gasteiger partial charge is 0.397 e. The minimum absolute atomic E-state index is 0.0361. The summed E-state index contributed by atoms with van der Waals surface area (Å²) in [5.41, 5.74) is 2.68. The normalized spacial score (nSPS) is 10.7. The monoisotopic (exact) mass is 344 g/mol. The maximum atomic E-state index is 5.86. The van der Waals surface area contributed by atoms with E-state index in [0.717, 1.165) is 30.4 Å². The predicted octanol–water partition coefficient (Wildman–Crippen LogP) is 4.06. The molecule has 0 aliphatic carbocycles. The van der Waals surface area contributed by atoms with Crippen molar-refractivity contribution in [3.05, 3.63) is 23.3 Å². The van der Waals surface area contributed by atoms with Gasteiger partial charge in [-0.15, -0.1) is 11.6 Å². The Hall–Kier alpha value is 0.341. The van der Waals surface area contributed by atoms with E-state index in [4.69, 9.17) is 20.5 Å². The molecule has 0 amide bonds. The zero-order chi connectivity index (χ0) is 15.2. The van der Waals surface area contributed by atoms with Gasteiger partial charge in [0.15, 0.2) is 0 Å². The van der Waals surface area contributed by atoms with Crippen molar-refractivity contribution < 1.29 is 8.85 Å². The zero-order valence-electron chi connectivity index (χ0n) is 13.0. The molecular weight excluding hydrogens is 320 g/mol. The fourth-order valence-electron chi connectivity index (χ4n) is 1.13. The van der Waals surface area contributed by atoms with Crippen molar-refractivity contribution >= 4 is 40.6 Å². The van der Waals surface area contributed by atoms with Crippen LogP contribution in [0.5, 0.6) is 0 Å². The van der Waals surface area contributed by atoms with Crippen LogP contribution in [0.25, 0.3) is 0 Å². The SMILES string of the molecule is CC(C)=CC[Si]OC(O[Si]CC=C(C)C)[Si]CCCCl. The van der Waals surface area contributed by atoms with Crippen molar-refractivity contribution in [2.75, 3.05) is 5.88 Å². The maximum absolute atomic E-state index is 5.86. The lowest BCUT2D eigenvalue weighted by Gasteiger charge is -2.17. The van der Waals surface area contributed by atoms with E-state index in [1.165, 1.54) is 11.1 Å². The lowest BCUT2D eigenvalue weighted by atomic mass is 10.3. The molecule has 0 aliphatic rings. The van der Waals surface area contributed by atoms with Crippen LogP contribution in [-0.2, 0) is 8.85 Å². The molecule has 0 aromatic carbocycles. The first-order chi connectivity index (χ1) is 9.56. The van der Waals surface area contributed by atoms with Crippen LogP contribution in [0.1, 0.15) is 34.1 Å². The average Bonchev–Trinajstić information content (AvgIpc) is 2.38. The van der Waals surface area contributed by atoms with Gasteiger partial charge in [-0.2, -0.15) is 0 Å². The van der Waals surface area contributed by atoms with Gasteiger partial charge in [0.05, 0.1) is 0 Å². The summed E-state index contributed by atoms with van der Waals surface area (Å²) in [6, 6.07) is 3.06. The van der Waals surface area contributed by atoms with Crippen molar-refractivity contribution in [2.24, 2.45) is 0 Å². The standard InChI is InChI=1S/C14H25ClO2Si3/c1-12(2)6-10-19-16-14(18-9-5-8-15)17-20-11-7-13(3)4/h6-7,14H,5,8-11H2,1-4H3. The van der Waals surface area contributed by atoms with Gasteiger partial charge in [-0.25, -0.2) is 0 Å². The van der Waals surface area contributed by atoms with E-state index in [0.29, 0.717) is 29.0 Å². The lowest BCUT2D eigenvalue weighted by molar-refractivity contribution is 0.0815. The fraction of sp³-hybridized carbons (Fsp3) is 0.714. The van der Waals surface area contributed by atoms with E-state index >= 15 is 0 Å². The first kappa shape index (κ1) is 20.3. The molecule has 0 rings (SSSR count). The van der Waals surface area contributed by atoms with E-state index in [-0.39, 0.29) is 5.91 Å². The van der Waals surface area contributed by atoms with Crippen LogP contribution >= 0.6 is 11.6 Å². The van der Waals surface area contributed by atoms with Gasteiger partial charge in [0, 0.05) is 5.88 Å². The summed E-state index contributed by atoms with van der Waals surface area (Å²) < 4.78 is 11.7. The third kappa shape index (κ3) is 14.7. The first-order valence-electron chi connectivity index (χ1n) is 6.89. The summed E-state index contributed by atoms with van der Waals surface area (Å²) in [5, 5.41) is 0. The molecule has 20 heavy (non-hydrogen) atoms. The minimum atomic E-state index is -0.0361. The Morgan fingerprint density at radius 1 is 1.00 bits per heavy atom. The van der Waals surface area contributed by atoms with Crippen LogP contribution in [0.4, 0.5) is 0 Å². The molecule has 6 radical (unpaired) electrons. The van der Waals surface area contributed by atoms with E-state index in [2.05, 4.69) is 39.8 Å². The molecule has 0 atom stereocenters. The van der Waals surface area contributed by atoms with Crippen molar-refractivity contribution in [3.8, 4) is 0 Å². The van der Waals surface area contributed by atoms with Crippen LogP contribution in [-0.4, -0.2) is 40.8 Å². The van der Waals surface area contributed by atoms with Crippen molar-refractivity contribution in [1.29, 1.82) is 0 Å². The average molecular weight is 345 g/mol. The van der Waals surface area contributed by atoms with Gasteiger partial charge in [-0.05, 0) is 46.2 Å². The van der Waals surface area contributed by atoms with Gasteiger partial charge in [0.2, 0.25) is 19.5 Å². The van der Waals surface area contributed by atoms with Crippen LogP contribution in [0.3, 0.4) is 0 Å². The van der Waals surface area contributed by atoms with Crippen molar-refractivity contribution in [3.63, 3.8) is 0 Å². The summed E-state index contributed by atoms with van der Waals surface area (Å²) in [6.07, 6.45) is 5.46. The second-order valence-corrected chi connectivity index (χ2v) is 8.45. The molecule has 0 spiro atoms. The fourth-order valence-corrected chi connectivity index (χ4v) is 4.95. The summed E-state index contributed by atoms with van der Waals surface area (Å²) in [4.78, 5) is 0. The maximum Gasteiger partial charge on any atom is 0.236 e. The molecule has 0 heterocycles. The molecule has 0 bridgehead atoms.